The first-order chi connectivity index (χ1) is 9.70. The third-order valence-corrected chi connectivity index (χ3v) is 4.92. The molecule has 2 aliphatic rings. The van der Waals surface area contributed by atoms with Gasteiger partial charge in [0, 0.05) is 19.3 Å². The number of hydrogen-bond acceptors (Lipinski definition) is 2. The van der Waals surface area contributed by atoms with Gasteiger partial charge in [-0.1, -0.05) is 23.7 Å². The number of anilines is 1. The van der Waals surface area contributed by atoms with Crippen LogP contribution in [-0.2, 0) is 4.74 Å². The van der Waals surface area contributed by atoms with E-state index in [1.165, 1.54) is 6.42 Å². The second kappa shape index (κ2) is 5.62. The number of rotatable bonds is 2. The van der Waals surface area contributed by atoms with Crippen molar-refractivity contribution in [2.24, 2.45) is 5.41 Å². The van der Waals surface area contributed by atoms with Gasteiger partial charge in [-0.3, -0.25) is 0 Å². The summed E-state index contributed by atoms with van der Waals surface area (Å²) in [5.74, 6) is 0. The Morgan fingerprint density at radius 2 is 2.00 bits per heavy atom. The van der Waals surface area contributed by atoms with E-state index in [-0.39, 0.29) is 17.5 Å². The molecule has 1 heterocycles. The lowest BCUT2D eigenvalue weighted by Gasteiger charge is -2.51. The number of carbonyl (C=O) groups is 1. The molecule has 20 heavy (non-hydrogen) atoms. The molecule has 1 aliphatic carbocycles. The predicted octanol–water partition coefficient (Wildman–Crippen LogP) is 3.42. The van der Waals surface area contributed by atoms with E-state index in [1.54, 1.807) is 12.1 Å². The van der Waals surface area contributed by atoms with Crippen LogP contribution >= 0.6 is 11.6 Å². The molecule has 2 amide bonds. The molecule has 108 valence electrons. The van der Waals surface area contributed by atoms with E-state index in [4.69, 9.17) is 16.3 Å². The van der Waals surface area contributed by atoms with Crippen LogP contribution in [0.5, 0.6) is 0 Å². The zero-order chi connectivity index (χ0) is 14.0. The van der Waals surface area contributed by atoms with Gasteiger partial charge in [-0.25, -0.2) is 4.79 Å². The van der Waals surface area contributed by atoms with Crippen molar-refractivity contribution in [2.75, 3.05) is 18.5 Å². The van der Waals surface area contributed by atoms with Gasteiger partial charge in [0.15, 0.2) is 0 Å². The quantitative estimate of drug-likeness (QED) is 0.878. The van der Waals surface area contributed by atoms with Crippen molar-refractivity contribution in [3.8, 4) is 0 Å². The Bertz CT molecular complexity index is 500. The van der Waals surface area contributed by atoms with Gasteiger partial charge < -0.3 is 15.4 Å². The van der Waals surface area contributed by atoms with Gasteiger partial charge in [0.1, 0.15) is 0 Å². The summed E-state index contributed by atoms with van der Waals surface area (Å²) in [7, 11) is 0. The third kappa shape index (κ3) is 2.63. The third-order valence-electron chi connectivity index (χ3n) is 4.59. The predicted molar refractivity (Wildman–Crippen MR) is 79.1 cm³/mol. The van der Waals surface area contributed by atoms with Crippen molar-refractivity contribution in [1.29, 1.82) is 0 Å². The zero-order valence-corrected chi connectivity index (χ0v) is 12.1. The fraction of sp³-hybridized carbons (Fsp3) is 0.533. The normalized spacial score (nSPS) is 23.9. The average molecular weight is 295 g/mol. The first-order valence-corrected chi connectivity index (χ1v) is 7.47. The summed E-state index contributed by atoms with van der Waals surface area (Å²) in [5.41, 5.74) is 0.905. The molecule has 3 rings (SSSR count). The van der Waals surface area contributed by atoms with Crippen molar-refractivity contribution in [2.45, 2.75) is 31.7 Å². The minimum absolute atomic E-state index is 0.173. The van der Waals surface area contributed by atoms with E-state index in [0.717, 1.165) is 32.5 Å². The lowest BCUT2D eigenvalue weighted by molar-refractivity contribution is -0.0507. The zero-order valence-electron chi connectivity index (χ0n) is 11.3. The molecule has 1 unspecified atom stereocenters. The smallest absolute Gasteiger partial charge is 0.319 e. The molecule has 0 bridgehead atoms. The minimum atomic E-state index is -0.173. The molecule has 1 aromatic carbocycles. The Morgan fingerprint density at radius 1 is 1.25 bits per heavy atom. The van der Waals surface area contributed by atoms with Gasteiger partial charge in [-0.15, -0.1) is 0 Å². The Kier molecular flexibility index (Phi) is 3.85. The number of nitrogens with one attached hydrogen (secondary N) is 2. The molecular formula is C15H19ClN2O2. The Morgan fingerprint density at radius 3 is 2.65 bits per heavy atom. The highest BCUT2D eigenvalue weighted by Crippen LogP contribution is 2.48. The summed E-state index contributed by atoms with van der Waals surface area (Å²) < 4.78 is 5.42. The molecule has 0 radical (unpaired) electrons. The molecule has 1 saturated heterocycles. The second-order valence-electron chi connectivity index (χ2n) is 5.64. The summed E-state index contributed by atoms with van der Waals surface area (Å²) >= 11 is 6.04. The highest BCUT2D eigenvalue weighted by molar-refractivity contribution is 6.33. The lowest BCUT2D eigenvalue weighted by atomic mass is 9.60. The van der Waals surface area contributed by atoms with Crippen molar-refractivity contribution < 1.29 is 9.53 Å². The molecule has 1 spiro atoms. The number of carbonyl (C=O) groups excluding carboxylic acids is 1. The standard InChI is InChI=1S/C15H19ClN2O2/c16-11-3-1-2-4-12(11)17-14(19)18-13-5-6-15(13)7-9-20-10-8-15/h1-4,13H,5-10H2,(H2,17,18,19). The first kappa shape index (κ1) is 13.7. The highest BCUT2D eigenvalue weighted by atomic mass is 35.5. The molecule has 5 heteroatoms. The van der Waals surface area contributed by atoms with Crippen molar-refractivity contribution in [3.05, 3.63) is 29.3 Å². The number of benzene rings is 1. The second-order valence-corrected chi connectivity index (χ2v) is 6.05. The van der Waals surface area contributed by atoms with Gasteiger partial charge >= 0.3 is 6.03 Å². The topological polar surface area (TPSA) is 50.4 Å². The van der Waals surface area contributed by atoms with E-state index in [9.17, 15) is 4.79 Å². The van der Waals surface area contributed by atoms with Crippen LogP contribution in [0, 0.1) is 5.41 Å². The van der Waals surface area contributed by atoms with E-state index in [0.29, 0.717) is 10.7 Å². The molecule has 4 nitrogen and oxygen atoms in total. The fourth-order valence-corrected chi connectivity index (χ4v) is 3.36. The number of para-hydroxylation sites is 1. The van der Waals surface area contributed by atoms with Crippen LogP contribution in [0.25, 0.3) is 0 Å². The van der Waals surface area contributed by atoms with Crippen LogP contribution in [0.2, 0.25) is 5.02 Å². The monoisotopic (exact) mass is 294 g/mol. The molecule has 2 N–H and O–H groups in total. The molecule has 1 atom stereocenters. The van der Waals surface area contributed by atoms with Crippen LogP contribution in [0.3, 0.4) is 0 Å². The van der Waals surface area contributed by atoms with Crippen molar-refractivity contribution in [1.82, 2.24) is 5.32 Å². The Balaban J connectivity index is 1.58. The van der Waals surface area contributed by atoms with Crippen LogP contribution in [0.15, 0.2) is 24.3 Å². The van der Waals surface area contributed by atoms with E-state index in [2.05, 4.69) is 10.6 Å². The van der Waals surface area contributed by atoms with E-state index >= 15 is 0 Å². The van der Waals surface area contributed by atoms with Crippen molar-refractivity contribution >= 4 is 23.3 Å². The summed E-state index contributed by atoms with van der Waals surface area (Å²) in [4.78, 5) is 12.1. The van der Waals surface area contributed by atoms with Gasteiger partial charge in [0.05, 0.1) is 10.7 Å². The fourth-order valence-electron chi connectivity index (χ4n) is 3.18. The van der Waals surface area contributed by atoms with Gasteiger partial charge in [0.25, 0.3) is 0 Å². The molecule has 1 saturated carbocycles. The highest BCUT2D eigenvalue weighted by Gasteiger charge is 2.47. The van der Waals surface area contributed by atoms with Crippen LogP contribution in [0.4, 0.5) is 10.5 Å². The average Bonchev–Trinajstić information content (AvgIpc) is 2.47. The summed E-state index contributed by atoms with van der Waals surface area (Å²) in [6, 6.07) is 7.34. The number of halogens is 1. The Hall–Kier alpha value is -1.26. The largest absolute Gasteiger partial charge is 0.381 e. The Labute approximate surface area is 123 Å². The lowest BCUT2D eigenvalue weighted by Crippen LogP contribution is -2.57. The molecule has 2 fully saturated rings. The maximum absolute atomic E-state index is 12.1. The van der Waals surface area contributed by atoms with Crippen molar-refractivity contribution in [3.63, 3.8) is 0 Å². The number of hydrogen-bond donors (Lipinski definition) is 2. The van der Waals surface area contributed by atoms with Gasteiger partial charge in [0.2, 0.25) is 0 Å². The SMILES string of the molecule is O=C(Nc1ccccc1Cl)NC1CCC12CCOCC2. The maximum atomic E-state index is 12.1. The first-order valence-electron chi connectivity index (χ1n) is 7.09. The van der Waals surface area contributed by atoms with Crippen LogP contribution < -0.4 is 10.6 Å². The summed E-state index contributed by atoms with van der Waals surface area (Å²) in [5, 5.41) is 6.46. The summed E-state index contributed by atoms with van der Waals surface area (Å²) in [6.45, 7) is 1.62. The maximum Gasteiger partial charge on any atom is 0.319 e. The molecule has 0 aromatic heterocycles. The molecule has 1 aliphatic heterocycles. The number of urea groups is 1. The number of ether oxygens (including phenoxy) is 1. The molecule has 1 aromatic rings. The van der Waals surface area contributed by atoms with Crippen LogP contribution in [-0.4, -0.2) is 25.3 Å². The number of amides is 2. The minimum Gasteiger partial charge on any atom is -0.381 e. The van der Waals surface area contributed by atoms with Gasteiger partial charge in [-0.05, 0) is 43.2 Å². The van der Waals surface area contributed by atoms with Gasteiger partial charge in [-0.2, -0.15) is 0 Å². The summed E-state index contributed by atoms with van der Waals surface area (Å²) in [6.07, 6.45) is 4.33. The van der Waals surface area contributed by atoms with E-state index < -0.39 is 0 Å². The molecular weight excluding hydrogens is 276 g/mol. The van der Waals surface area contributed by atoms with Crippen LogP contribution in [0.1, 0.15) is 25.7 Å². The van der Waals surface area contributed by atoms with E-state index in [1.807, 2.05) is 12.1 Å².